The van der Waals surface area contributed by atoms with Gasteiger partial charge in [-0.1, -0.05) is 0 Å². The lowest BCUT2D eigenvalue weighted by Gasteiger charge is -2.29. The van der Waals surface area contributed by atoms with Gasteiger partial charge in [0.2, 0.25) is 0 Å². The molecule has 0 aromatic heterocycles. The number of carbonyl (C=O) groups is 1. The molecule has 0 radical (unpaired) electrons. The van der Waals surface area contributed by atoms with E-state index in [1.165, 1.54) is 19.4 Å². The van der Waals surface area contributed by atoms with Crippen molar-refractivity contribution in [2.75, 3.05) is 26.7 Å². The molecule has 1 aliphatic heterocycles. The SMILES string of the molecule is CN1CCCC(COc2ccc(C(=O)O)cc2)C1. The summed E-state index contributed by atoms with van der Waals surface area (Å²) in [7, 11) is 2.13. The first-order valence-corrected chi connectivity index (χ1v) is 6.30. The van der Waals surface area contributed by atoms with Crippen molar-refractivity contribution in [2.24, 2.45) is 5.92 Å². The van der Waals surface area contributed by atoms with E-state index in [2.05, 4.69) is 11.9 Å². The highest BCUT2D eigenvalue weighted by atomic mass is 16.5. The van der Waals surface area contributed by atoms with Crippen molar-refractivity contribution in [2.45, 2.75) is 12.8 Å². The molecule has 1 aromatic carbocycles. The van der Waals surface area contributed by atoms with E-state index >= 15 is 0 Å². The van der Waals surface area contributed by atoms with Crippen LogP contribution < -0.4 is 4.74 Å². The average Bonchev–Trinajstić information content (AvgIpc) is 2.37. The number of likely N-dealkylation sites (tertiary alicyclic amines) is 1. The summed E-state index contributed by atoms with van der Waals surface area (Å²) in [5, 5.41) is 8.79. The van der Waals surface area contributed by atoms with Crippen LogP contribution in [0.3, 0.4) is 0 Å². The Bertz CT molecular complexity index is 402. The van der Waals surface area contributed by atoms with Crippen molar-refractivity contribution >= 4 is 5.97 Å². The molecule has 18 heavy (non-hydrogen) atoms. The first kappa shape index (κ1) is 12.9. The normalized spacial score (nSPS) is 20.6. The predicted octanol–water partition coefficient (Wildman–Crippen LogP) is 2.11. The van der Waals surface area contributed by atoms with Crippen LogP contribution >= 0.6 is 0 Å². The zero-order valence-electron chi connectivity index (χ0n) is 10.6. The maximum Gasteiger partial charge on any atom is 0.335 e. The third kappa shape index (κ3) is 3.47. The Kier molecular flexibility index (Phi) is 4.20. The summed E-state index contributed by atoms with van der Waals surface area (Å²) in [4.78, 5) is 13.0. The second-order valence-electron chi connectivity index (χ2n) is 4.91. The molecule has 1 atom stereocenters. The first-order valence-electron chi connectivity index (χ1n) is 6.30. The van der Waals surface area contributed by atoms with Gasteiger partial charge in [-0.2, -0.15) is 0 Å². The van der Waals surface area contributed by atoms with Gasteiger partial charge in [0.1, 0.15) is 5.75 Å². The van der Waals surface area contributed by atoms with Crippen molar-refractivity contribution in [1.82, 2.24) is 4.90 Å². The van der Waals surface area contributed by atoms with E-state index in [-0.39, 0.29) is 0 Å². The van der Waals surface area contributed by atoms with Crippen LogP contribution in [-0.4, -0.2) is 42.7 Å². The van der Waals surface area contributed by atoms with Gasteiger partial charge in [-0.3, -0.25) is 0 Å². The van der Waals surface area contributed by atoms with Gasteiger partial charge in [-0.05, 0) is 50.7 Å². The molecule has 98 valence electrons. The summed E-state index contributed by atoms with van der Waals surface area (Å²) in [6.45, 7) is 2.95. The molecule has 0 spiro atoms. The monoisotopic (exact) mass is 249 g/mol. The zero-order chi connectivity index (χ0) is 13.0. The lowest BCUT2D eigenvalue weighted by Crippen LogP contribution is -2.34. The van der Waals surface area contributed by atoms with Crippen LogP contribution in [0.2, 0.25) is 0 Å². The Morgan fingerprint density at radius 1 is 1.44 bits per heavy atom. The first-order chi connectivity index (χ1) is 8.65. The van der Waals surface area contributed by atoms with Gasteiger partial charge >= 0.3 is 5.97 Å². The van der Waals surface area contributed by atoms with Crippen LogP contribution in [0.15, 0.2) is 24.3 Å². The van der Waals surface area contributed by atoms with E-state index in [4.69, 9.17) is 9.84 Å². The number of carboxylic acid groups (broad SMARTS) is 1. The molecule has 0 aliphatic carbocycles. The third-order valence-corrected chi connectivity index (χ3v) is 3.31. The summed E-state index contributed by atoms with van der Waals surface area (Å²) in [6.07, 6.45) is 2.43. The van der Waals surface area contributed by atoms with Crippen molar-refractivity contribution in [3.05, 3.63) is 29.8 Å². The molecule has 2 rings (SSSR count). The number of benzene rings is 1. The molecule has 1 heterocycles. The van der Waals surface area contributed by atoms with Crippen LogP contribution in [0.1, 0.15) is 23.2 Å². The van der Waals surface area contributed by atoms with Crippen LogP contribution in [-0.2, 0) is 0 Å². The standard InChI is InChI=1S/C14H19NO3/c1-15-8-2-3-11(9-15)10-18-13-6-4-12(5-7-13)14(16)17/h4-7,11H,2-3,8-10H2,1H3,(H,16,17). The molecule has 0 saturated carbocycles. The summed E-state index contributed by atoms with van der Waals surface area (Å²) < 4.78 is 5.71. The Morgan fingerprint density at radius 2 is 2.17 bits per heavy atom. The van der Waals surface area contributed by atoms with Gasteiger partial charge in [-0.25, -0.2) is 4.79 Å². The van der Waals surface area contributed by atoms with Crippen LogP contribution in [0.25, 0.3) is 0 Å². The average molecular weight is 249 g/mol. The molecule has 4 nitrogen and oxygen atoms in total. The van der Waals surface area contributed by atoms with Crippen molar-refractivity contribution in [3.8, 4) is 5.75 Å². The second kappa shape index (κ2) is 5.87. The maximum atomic E-state index is 10.7. The number of piperidine rings is 1. The van der Waals surface area contributed by atoms with Gasteiger partial charge in [-0.15, -0.1) is 0 Å². The third-order valence-electron chi connectivity index (χ3n) is 3.31. The molecule has 1 aromatic rings. The smallest absolute Gasteiger partial charge is 0.335 e. The van der Waals surface area contributed by atoms with Crippen molar-refractivity contribution in [3.63, 3.8) is 0 Å². The molecule has 1 aliphatic rings. The van der Waals surface area contributed by atoms with Crippen molar-refractivity contribution in [1.29, 1.82) is 0 Å². The van der Waals surface area contributed by atoms with E-state index < -0.39 is 5.97 Å². The quantitative estimate of drug-likeness (QED) is 0.888. The van der Waals surface area contributed by atoms with Crippen LogP contribution in [0.4, 0.5) is 0 Å². The lowest BCUT2D eigenvalue weighted by molar-refractivity contribution is 0.0697. The molecule has 1 N–H and O–H groups in total. The molecule has 0 amide bonds. The molecule has 1 fully saturated rings. The molecule has 4 heteroatoms. The van der Waals surface area contributed by atoms with E-state index in [1.807, 2.05) is 0 Å². The van der Waals surface area contributed by atoms with Gasteiger partial charge in [0.25, 0.3) is 0 Å². The fourth-order valence-electron chi connectivity index (χ4n) is 2.32. The summed E-state index contributed by atoms with van der Waals surface area (Å²) in [5.74, 6) is 0.409. The number of hydrogen-bond donors (Lipinski definition) is 1. The van der Waals surface area contributed by atoms with Gasteiger partial charge in [0.15, 0.2) is 0 Å². The Balaban J connectivity index is 1.84. The Hall–Kier alpha value is -1.55. The van der Waals surface area contributed by atoms with E-state index in [9.17, 15) is 4.79 Å². The topological polar surface area (TPSA) is 49.8 Å². The predicted molar refractivity (Wildman–Crippen MR) is 69.1 cm³/mol. The minimum Gasteiger partial charge on any atom is -0.493 e. The number of ether oxygens (including phenoxy) is 1. The highest BCUT2D eigenvalue weighted by Crippen LogP contribution is 2.18. The summed E-state index contributed by atoms with van der Waals surface area (Å²) in [6, 6.07) is 6.58. The molecule has 1 unspecified atom stereocenters. The lowest BCUT2D eigenvalue weighted by atomic mass is 10.00. The van der Waals surface area contributed by atoms with E-state index in [1.54, 1.807) is 24.3 Å². The summed E-state index contributed by atoms with van der Waals surface area (Å²) in [5.41, 5.74) is 0.291. The van der Waals surface area contributed by atoms with Crippen LogP contribution in [0.5, 0.6) is 5.75 Å². The van der Waals surface area contributed by atoms with Crippen molar-refractivity contribution < 1.29 is 14.6 Å². The number of rotatable bonds is 4. The Morgan fingerprint density at radius 3 is 2.78 bits per heavy atom. The highest BCUT2D eigenvalue weighted by Gasteiger charge is 2.17. The fourth-order valence-corrected chi connectivity index (χ4v) is 2.32. The minimum atomic E-state index is -0.907. The molecule has 0 bridgehead atoms. The molecular weight excluding hydrogens is 230 g/mol. The number of aromatic carboxylic acids is 1. The fraction of sp³-hybridized carbons (Fsp3) is 0.500. The largest absolute Gasteiger partial charge is 0.493 e. The van der Waals surface area contributed by atoms with E-state index in [0.717, 1.165) is 12.3 Å². The van der Waals surface area contributed by atoms with Gasteiger partial charge < -0.3 is 14.7 Å². The zero-order valence-corrected chi connectivity index (χ0v) is 10.6. The minimum absolute atomic E-state index is 0.291. The van der Waals surface area contributed by atoms with Gasteiger partial charge in [0.05, 0.1) is 12.2 Å². The van der Waals surface area contributed by atoms with E-state index in [0.29, 0.717) is 18.1 Å². The molecule has 1 saturated heterocycles. The van der Waals surface area contributed by atoms with Crippen LogP contribution in [0, 0.1) is 5.92 Å². The molecular formula is C14H19NO3. The number of hydrogen-bond acceptors (Lipinski definition) is 3. The number of carboxylic acids is 1. The maximum absolute atomic E-state index is 10.7. The Labute approximate surface area is 107 Å². The second-order valence-corrected chi connectivity index (χ2v) is 4.91. The highest BCUT2D eigenvalue weighted by molar-refractivity contribution is 5.87. The number of nitrogens with zero attached hydrogens (tertiary/aromatic N) is 1. The summed E-state index contributed by atoms with van der Waals surface area (Å²) >= 11 is 0. The van der Waals surface area contributed by atoms with Gasteiger partial charge in [0, 0.05) is 12.5 Å².